The van der Waals surface area contributed by atoms with Gasteiger partial charge in [-0.2, -0.15) is 0 Å². The van der Waals surface area contributed by atoms with Gasteiger partial charge in [0, 0.05) is 12.2 Å². The molecule has 1 aromatic heterocycles. The number of aliphatic hydroxyl groups is 1. The Morgan fingerprint density at radius 3 is 2.86 bits per heavy atom. The van der Waals surface area contributed by atoms with Crippen molar-refractivity contribution in [3.8, 4) is 0 Å². The van der Waals surface area contributed by atoms with Gasteiger partial charge in [0.15, 0.2) is 0 Å². The van der Waals surface area contributed by atoms with Crippen LogP contribution in [0.3, 0.4) is 0 Å². The third-order valence-electron chi connectivity index (χ3n) is 3.38. The van der Waals surface area contributed by atoms with Crippen LogP contribution < -0.4 is 0 Å². The van der Waals surface area contributed by atoms with Crippen LogP contribution in [0.4, 0.5) is 0 Å². The molecular formula is C11H18N2O. The van der Waals surface area contributed by atoms with Crippen molar-refractivity contribution < 1.29 is 5.11 Å². The molecule has 3 heteroatoms. The van der Waals surface area contributed by atoms with Crippen LogP contribution in [-0.4, -0.2) is 21.3 Å². The van der Waals surface area contributed by atoms with Crippen molar-refractivity contribution in [3.63, 3.8) is 0 Å². The highest BCUT2D eigenvalue weighted by Crippen LogP contribution is 2.28. The predicted molar refractivity (Wildman–Crippen MR) is 55.0 cm³/mol. The summed E-state index contributed by atoms with van der Waals surface area (Å²) < 4.78 is 2.09. The first kappa shape index (κ1) is 9.71. The summed E-state index contributed by atoms with van der Waals surface area (Å²) in [6, 6.07) is 0. The van der Waals surface area contributed by atoms with Crippen molar-refractivity contribution >= 4 is 0 Å². The van der Waals surface area contributed by atoms with E-state index in [2.05, 4.69) is 23.4 Å². The van der Waals surface area contributed by atoms with Crippen molar-refractivity contribution in [1.29, 1.82) is 0 Å². The van der Waals surface area contributed by atoms with E-state index in [0.717, 1.165) is 24.7 Å². The lowest BCUT2D eigenvalue weighted by Crippen LogP contribution is -2.22. The van der Waals surface area contributed by atoms with Crippen LogP contribution in [0.2, 0.25) is 0 Å². The zero-order chi connectivity index (χ0) is 10.1. The van der Waals surface area contributed by atoms with Crippen LogP contribution >= 0.6 is 0 Å². The molecular weight excluding hydrogens is 176 g/mol. The van der Waals surface area contributed by atoms with E-state index in [9.17, 15) is 0 Å². The molecule has 2 rings (SSSR count). The Labute approximate surface area is 84.8 Å². The normalized spacial score (nSPS) is 26.2. The first-order chi connectivity index (χ1) is 6.72. The molecule has 1 aliphatic rings. The largest absolute Gasteiger partial charge is 0.395 e. The van der Waals surface area contributed by atoms with Crippen molar-refractivity contribution in [2.75, 3.05) is 6.61 Å². The first-order valence-corrected chi connectivity index (χ1v) is 5.36. The molecule has 0 saturated carbocycles. The van der Waals surface area contributed by atoms with Gasteiger partial charge in [-0.15, -0.1) is 0 Å². The predicted octanol–water partition coefficient (Wildman–Crippen LogP) is 1.25. The number of aromatic nitrogens is 2. The maximum Gasteiger partial charge on any atom is 0.0952 e. The van der Waals surface area contributed by atoms with E-state index in [1.165, 1.54) is 11.4 Å². The van der Waals surface area contributed by atoms with Gasteiger partial charge in [0.25, 0.3) is 0 Å². The van der Waals surface area contributed by atoms with Crippen molar-refractivity contribution in [1.82, 2.24) is 9.55 Å². The Morgan fingerprint density at radius 2 is 2.14 bits per heavy atom. The van der Waals surface area contributed by atoms with Gasteiger partial charge in [0.1, 0.15) is 0 Å². The van der Waals surface area contributed by atoms with Crippen molar-refractivity contribution in [3.05, 3.63) is 17.7 Å². The van der Waals surface area contributed by atoms with Crippen LogP contribution in [0, 0.1) is 11.8 Å². The molecule has 78 valence electrons. The summed E-state index contributed by atoms with van der Waals surface area (Å²) in [6.45, 7) is 5.47. The average molecular weight is 194 g/mol. The molecule has 1 heterocycles. The minimum absolute atomic E-state index is 0.201. The molecule has 0 saturated heterocycles. The Kier molecular flexibility index (Phi) is 2.59. The molecule has 1 aromatic rings. The van der Waals surface area contributed by atoms with Gasteiger partial charge >= 0.3 is 0 Å². The number of imidazole rings is 1. The molecule has 0 aliphatic heterocycles. The summed E-state index contributed by atoms with van der Waals surface area (Å²) in [6.07, 6.45) is 4.07. The van der Waals surface area contributed by atoms with E-state index >= 15 is 0 Å². The standard InChI is InChI=1S/C11H18N2O/c1-8-5-10-11(6-9(8)2)13(3-4-14)7-12-10/h7-9,14H,3-6H2,1-2H3. The molecule has 3 nitrogen and oxygen atoms in total. The monoisotopic (exact) mass is 194 g/mol. The van der Waals surface area contributed by atoms with Crippen LogP contribution in [0.25, 0.3) is 0 Å². The first-order valence-electron chi connectivity index (χ1n) is 5.36. The molecule has 0 spiro atoms. The second kappa shape index (κ2) is 3.73. The van der Waals surface area contributed by atoms with Crippen LogP contribution in [0.1, 0.15) is 25.2 Å². The van der Waals surface area contributed by atoms with E-state index < -0.39 is 0 Å². The summed E-state index contributed by atoms with van der Waals surface area (Å²) >= 11 is 0. The second-order valence-corrected chi connectivity index (χ2v) is 4.42. The number of fused-ring (bicyclic) bond motifs is 1. The number of hydrogen-bond acceptors (Lipinski definition) is 2. The zero-order valence-electron chi connectivity index (χ0n) is 8.90. The number of rotatable bonds is 2. The highest BCUT2D eigenvalue weighted by Gasteiger charge is 2.25. The highest BCUT2D eigenvalue weighted by atomic mass is 16.3. The molecule has 1 aliphatic carbocycles. The maximum absolute atomic E-state index is 8.91. The molecule has 0 amide bonds. The van der Waals surface area contributed by atoms with E-state index in [-0.39, 0.29) is 6.61 Å². The van der Waals surface area contributed by atoms with Gasteiger partial charge in [0.05, 0.1) is 18.6 Å². The summed E-state index contributed by atoms with van der Waals surface area (Å²) in [7, 11) is 0. The molecule has 2 unspecified atom stereocenters. The van der Waals surface area contributed by atoms with Crippen LogP contribution in [0.5, 0.6) is 0 Å². The lowest BCUT2D eigenvalue weighted by Gasteiger charge is -2.26. The Bertz CT molecular complexity index is 306. The zero-order valence-corrected chi connectivity index (χ0v) is 8.90. The minimum Gasteiger partial charge on any atom is -0.395 e. The van der Waals surface area contributed by atoms with Gasteiger partial charge in [-0.3, -0.25) is 0 Å². The highest BCUT2D eigenvalue weighted by molar-refractivity contribution is 5.18. The van der Waals surface area contributed by atoms with Crippen LogP contribution in [0.15, 0.2) is 6.33 Å². The Morgan fingerprint density at radius 1 is 1.43 bits per heavy atom. The fraction of sp³-hybridized carbons (Fsp3) is 0.727. The third kappa shape index (κ3) is 1.57. The quantitative estimate of drug-likeness (QED) is 0.769. The summed E-state index contributed by atoms with van der Waals surface area (Å²) in [5.74, 6) is 1.47. The fourth-order valence-corrected chi connectivity index (χ4v) is 2.17. The Hall–Kier alpha value is -0.830. The molecule has 0 bridgehead atoms. The van der Waals surface area contributed by atoms with Gasteiger partial charge in [-0.25, -0.2) is 4.98 Å². The molecule has 2 atom stereocenters. The van der Waals surface area contributed by atoms with Gasteiger partial charge in [0.2, 0.25) is 0 Å². The van der Waals surface area contributed by atoms with E-state index in [4.69, 9.17) is 5.11 Å². The van der Waals surface area contributed by atoms with Gasteiger partial charge in [-0.05, 0) is 24.7 Å². The summed E-state index contributed by atoms with van der Waals surface area (Å²) in [5, 5.41) is 8.91. The Balaban J connectivity index is 2.26. The smallest absolute Gasteiger partial charge is 0.0952 e. The number of aliphatic hydroxyl groups excluding tert-OH is 1. The minimum atomic E-state index is 0.201. The van der Waals surface area contributed by atoms with E-state index in [0.29, 0.717) is 6.54 Å². The molecule has 0 aromatic carbocycles. The average Bonchev–Trinajstić information content (AvgIpc) is 2.51. The van der Waals surface area contributed by atoms with Crippen molar-refractivity contribution in [2.24, 2.45) is 11.8 Å². The van der Waals surface area contributed by atoms with Gasteiger partial charge < -0.3 is 9.67 Å². The second-order valence-electron chi connectivity index (χ2n) is 4.42. The molecule has 0 radical (unpaired) electrons. The molecule has 0 fully saturated rings. The summed E-state index contributed by atoms with van der Waals surface area (Å²) in [5.41, 5.74) is 2.58. The van der Waals surface area contributed by atoms with Crippen LogP contribution in [-0.2, 0) is 19.4 Å². The molecule has 14 heavy (non-hydrogen) atoms. The third-order valence-corrected chi connectivity index (χ3v) is 3.38. The maximum atomic E-state index is 8.91. The van der Waals surface area contributed by atoms with E-state index in [1.807, 2.05) is 6.33 Å². The molecule has 1 N–H and O–H groups in total. The SMILES string of the molecule is CC1Cc2ncn(CCO)c2CC1C. The topological polar surface area (TPSA) is 38.0 Å². The van der Waals surface area contributed by atoms with E-state index in [1.54, 1.807) is 0 Å². The van der Waals surface area contributed by atoms with Gasteiger partial charge in [-0.1, -0.05) is 13.8 Å². The lowest BCUT2D eigenvalue weighted by molar-refractivity contribution is 0.270. The fourth-order valence-electron chi connectivity index (χ4n) is 2.17. The number of hydrogen-bond donors (Lipinski definition) is 1. The lowest BCUT2D eigenvalue weighted by atomic mass is 9.82. The summed E-state index contributed by atoms with van der Waals surface area (Å²) in [4.78, 5) is 4.41. The number of nitrogens with zero attached hydrogens (tertiary/aromatic N) is 2. The van der Waals surface area contributed by atoms with Crippen molar-refractivity contribution in [2.45, 2.75) is 33.2 Å².